The van der Waals surface area contributed by atoms with Crippen molar-refractivity contribution in [3.05, 3.63) is 46.6 Å². The number of carbonyl (C=O) groups is 2. The Balaban J connectivity index is -0.000000333. The Kier molecular flexibility index (Phi) is 23.3. The average Bonchev–Trinajstić information content (AvgIpc) is 2.39. The number of hydrogen-bond acceptors (Lipinski definition) is 2. The summed E-state index contributed by atoms with van der Waals surface area (Å²) in [4.78, 5) is 20.0. The monoisotopic (exact) mass is 479 g/mol. The van der Waals surface area contributed by atoms with Crippen molar-refractivity contribution in [1.29, 1.82) is 0 Å². The van der Waals surface area contributed by atoms with Crippen LogP contribution in [0.1, 0.15) is 67.2 Å². The van der Waals surface area contributed by atoms with Crippen molar-refractivity contribution in [3.8, 4) is 0 Å². The predicted molar refractivity (Wildman–Crippen MR) is 97.0 cm³/mol. The van der Waals surface area contributed by atoms with Crippen molar-refractivity contribution in [2.24, 2.45) is 0 Å². The summed E-state index contributed by atoms with van der Waals surface area (Å²) in [7, 11) is 0. The largest absolute Gasteiger partial charge is 0.299 e. The third kappa shape index (κ3) is 26.7. The molecule has 0 aliphatic heterocycles. The van der Waals surface area contributed by atoms with Crippen LogP contribution in [0, 0.1) is 36.9 Å². The summed E-state index contributed by atoms with van der Waals surface area (Å²) < 4.78 is 0. The fraction of sp³-hybridized carbons (Fsp3) is 0.500. The first-order valence-electron chi connectivity index (χ1n) is 7.82. The van der Waals surface area contributed by atoms with Crippen LogP contribution in [0.5, 0.6) is 0 Å². The Morgan fingerprint density at radius 3 is 1.17 bits per heavy atom. The van der Waals surface area contributed by atoms with Gasteiger partial charge in [0, 0.05) is 36.9 Å². The molecule has 1 radical (unpaired) electrons. The number of rotatable bonds is 8. The molecule has 0 aromatic carbocycles. The smallest absolute Gasteiger partial charge is 0.142 e. The zero-order valence-electron chi connectivity index (χ0n) is 15.4. The van der Waals surface area contributed by atoms with Crippen molar-refractivity contribution in [3.63, 3.8) is 0 Å². The summed E-state index contributed by atoms with van der Waals surface area (Å²) in [6.45, 7) is 12.3. The average molecular weight is 479 g/mol. The molecule has 2 nitrogen and oxygen atoms in total. The summed E-state index contributed by atoms with van der Waals surface area (Å²) in [6.07, 6.45) is 13.4. The molecule has 0 bridgehead atoms. The fourth-order valence-corrected chi connectivity index (χ4v) is 1.58. The molecule has 0 atom stereocenters. The zero-order chi connectivity index (χ0) is 17.4. The molecule has 0 fully saturated rings. The second kappa shape index (κ2) is 19.6. The Bertz CT molecular complexity index is 391. The molecule has 23 heavy (non-hydrogen) atoms. The molecule has 0 spiro atoms. The van der Waals surface area contributed by atoms with Crippen LogP contribution in [-0.2, 0) is 9.59 Å². The van der Waals surface area contributed by atoms with Crippen LogP contribution >= 0.6 is 0 Å². The Morgan fingerprint density at radius 2 is 0.957 bits per heavy atom. The van der Waals surface area contributed by atoms with E-state index in [1.54, 1.807) is 12.2 Å². The summed E-state index contributed by atoms with van der Waals surface area (Å²) in [5.74, 6) is 0. The molecule has 0 unspecified atom stereocenters. The first kappa shape index (κ1) is 27.4. The van der Waals surface area contributed by atoms with Crippen molar-refractivity contribution >= 4 is 12.6 Å². The fourth-order valence-electron chi connectivity index (χ4n) is 1.58. The Morgan fingerprint density at radius 1 is 0.652 bits per heavy atom. The second-order valence-corrected chi connectivity index (χ2v) is 5.94. The van der Waals surface area contributed by atoms with Gasteiger partial charge < -0.3 is 0 Å². The maximum Gasteiger partial charge on any atom is 0.142 e. The third-order valence-corrected chi connectivity index (χ3v) is 2.89. The minimum absolute atomic E-state index is 0. The molecule has 0 aromatic heterocycles. The maximum absolute atomic E-state index is 10.0. The van der Waals surface area contributed by atoms with Gasteiger partial charge in [-0.15, -0.1) is 0 Å². The van der Waals surface area contributed by atoms with E-state index in [2.05, 4.69) is 39.8 Å². The molecule has 0 aliphatic carbocycles. The van der Waals surface area contributed by atoms with Crippen LogP contribution < -0.4 is 0 Å². The summed E-state index contributed by atoms with van der Waals surface area (Å²) in [5, 5.41) is 0. The molecule has 139 valence electrons. The molecule has 0 N–H and O–H groups in total. The molecule has 0 saturated heterocycles. The number of aldehydes is 2. The second-order valence-electron chi connectivity index (χ2n) is 5.94. The van der Waals surface area contributed by atoms with Gasteiger partial charge >= 0.3 is 0 Å². The minimum Gasteiger partial charge on any atom is -0.299 e. The van der Waals surface area contributed by atoms with Crippen molar-refractivity contribution < 1.29 is 46.5 Å². The Labute approximate surface area is 172 Å². The van der Waals surface area contributed by atoms with Gasteiger partial charge in [0.1, 0.15) is 12.6 Å². The van der Waals surface area contributed by atoms with E-state index in [0.29, 0.717) is 0 Å². The predicted octanol–water partition coefficient (Wildman–Crippen LogP) is 5.76. The van der Waals surface area contributed by atoms with E-state index in [9.17, 15) is 9.59 Å². The standard InChI is InChI=1S/2C10H16O.Lu/c2*1-9(2)5-4-6-10(3)7-8-11;/h2*5,7-8H,4,6H2,1-3H3;/b2*10-7-;. The van der Waals surface area contributed by atoms with E-state index in [-0.39, 0.29) is 36.9 Å². The molecule has 3 heteroatoms. The zero-order valence-corrected chi connectivity index (χ0v) is 17.0. The van der Waals surface area contributed by atoms with E-state index in [0.717, 1.165) is 49.4 Å². The Hall–Kier alpha value is -0.466. The summed E-state index contributed by atoms with van der Waals surface area (Å²) in [6, 6.07) is 0. The van der Waals surface area contributed by atoms with Gasteiger partial charge in [0.05, 0.1) is 0 Å². The van der Waals surface area contributed by atoms with Gasteiger partial charge in [0.15, 0.2) is 0 Å². The molecular weight excluding hydrogens is 447 g/mol. The van der Waals surface area contributed by atoms with Crippen molar-refractivity contribution in [2.45, 2.75) is 67.2 Å². The van der Waals surface area contributed by atoms with E-state index in [1.807, 2.05) is 13.8 Å². The van der Waals surface area contributed by atoms with Gasteiger partial charge in [-0.25, -0.2) is 0 Å². The van der Waals surface area contributed by atoms with Crippen LogP contribution in [0.4, 0.5) is 0 Å². The number of allylic oxidation sites excluding steroid dienone is 8. The molecule has 0 rings (SSSR count). The van der Waals surface area contributed by atoms with Gasteiger partial charge in [0.25, 0.3) is 0 Å². The molecule has 0 amide bonds. The number of hydrogen-bond donors (Lipinski definition) is 0. The normalized spacial score (nSPS) is 10.5. The van der Waals surface area contributed by atoms with Crippen molar-refractivity contribution in [2.75, 3.05) is 0 Å². The summed E-state index contributed by atoms with van der Waals surface area (Å²) >= 11 is 0. The van der Waals surface area contributed by atoms with Gasteiger partial charge in [-0.05, 0) is 79.4 Å². The van der Waals surface area contributed by atoms with Crippen LogP contribution in [0.15, 0.2) is 46.6 Å². The van der Waals surface area contributed by atoms with E-state index in [4.69, 9.17) is 0 Å². The van der Waals surface area contributed by atoms with E-state index < -0.39 is 0 Å². The maximum atomic E-state index is 10.0. The summed E-state index contributed by atoms with van der Waals surface area (Å²) in [5.41, 5.74) is 4.97. The molecule has 0 aliphatic rings. The van der Waals surface area contributed by atoms with Crippen LogP contribution in [0.2, 0.25) is 0 Å². The van der Waals surface area contributed by atoms with Gasteiger partial charge in [0.2, 0.25) is 0 Å². The van der Waals surface area contributed by atoms with Gasteiger partial charge in [-0.3, -0.25) is 9.59 Å². The first-order valence-corrected chi connectivity index (χ1v) is 7.82. The van der Waals surface area contributed by atoms with Crippen molar-refractivity contribution in [1.82, 2.24) is 0 Å². The molecular formula is C20H32LuO2. The minimum atomic E-state index is 0. The van der Waals surface area contributed by atoms with Gasteiger partial charge in [-0.1, -0.05) is 34.4 Å². The van der Waals surface area contributed by atoms with Crippen LogP contribution in [-0.4, -0.2) is 12.6 Å². The quantitative estimate of drug-likeness (QED) is 0.252. The number of carbonyl (C=O) groups excluding carboxylic acids is 2. The van der Waals surface area contributed by atoms with E-state index >= 15 is 0 Å². The van der Waals surface area contributed by atoms with E-state index in [1.165, 1.54) is 11.1 Å². The molecule has 0 heterocycles. The topological polar surface area (TPSA) is 34.1 Å². The SMILES string of the molecule is CC(C)=CCC/C(C)=C\C=O.CC(C)=CCC/C(C)=C\C=O.[Lu]. The van der Waals surface area contributed by atoms with Crippen LogP contribution in [0.3, 0.4) is 0 Å². The van der Waals surface area contributed by atoms with Gasteiger partial charge in [-0.2, -0.15) is 0 Å². The first-order chi connectivity index (χ1) is 10.3. The third-order valence-electron chi connectivity index (χ3n) is 2.89. The molecule has 0 saturated carbocycles. The molecule has 0 aromatic rings. The van der Waals surface area contributed by atoms with Crippen LogP contribution in [0.25, 0.3) is 0 Å².